The zero-order valence-corrected chi connectivity index (χ0v) is 9.16. The zero-order valence-electron chi connectivity index (χ0n) is 9.16. The number of carbonyl (C=O) groups excluding carboxylic acids is 1. The van der Waals surface area contributed by atoms with E-state index in [1.54, 1.807) is 26.1 Å². The van der Waals surface area contributed by atoms with Gasteiger partial charge in [-0.2, -0.15) is 0 Å². The van der Waals surface area contributed by atoms with E-state index in [4.69, 9.17) is 11.5 Å². The van der Waals surface area contributed by atoms with E-state index in [1.807, 2.05) is 6.92 Å². The van der Waals surface area contributed by atoms with Crippen LogP contribution in [0.2, 0.25) is 0 Å². The number of nitrogens with one attached hydrogen (secondary N) is 1. The van der Waals surface area contributed by atoms with Gasteiger partial charge in [0.1, 0.15) is 11.4 Å². The number of aromatic nitrogens is 1. The normalized spacial score (nSPS) is 11.1. The lowest BCUT2D eigenvalue weighted by Crippen LogP contribution is -2.45. The summed E-state index contributed by atoms with van der Waals surface area (Å²) in [7, 11) is 0. The molecule has 0 radical (unpaired) electrons. The van der Waals surface area contributed by atoms with E-state index in [0.29, 0.717) is 11.5 Å². The van der Waals surface area contributed by atoms with Gasteiger partial charge in [-0.1, -0.05) is 0 Å². The Morgan fingerprint density at radius 3 is 2.60 bits per heavy atom. The molecule has 0 aliphatic rings. The molecule has 0 saturated carbocycles. The van der Waals surface area contributed by atoms with E-state index in [-0.39, 0.29) is 0 Å². The number of nitrogen functional groups attached to an aromatic ring is 1. The molecule has 0 bridgehead atoms. The summed E-state index contributed by atoms with van der Waals surface area (Å²) in [6.07, 6.45) is 1.55. The van der Waals surface area contributed by atoms with E-state index >= 15 is 0 Å². The van der Waals surface area contributed by atoms with Crippen molar-refractivity contribution < 1.29 is 4.79 Å². The van der Waals surface area contributed by atoms with Crippen LogP contribution in [0.5, 0.6) is 0 Å². The minimum absolute atomic E-state index is 0.432. The van der Waals surface area contributed by atoms with E-state index in [2.05, 4.69) is 10.3 Å². The van der Waals surface area contributed by atoms with Crippen LogP contribution in [0, 0.1) is 6.92 Å². The molecule has 1 aromatic heterocycles. The smallest absolute Gasteiger partial charge is 0.242 e. The molecule has 1 rings (SSSR count). The maximum atomic E-state index is 11.1. The summed E-state index contributed by atoms with van der Waals surface area (Å²) in [6.45, 7) is 5.27. The van der Waals surface area contributed by atoms with Gasteiger partial charge in [-0.3, -0.25) is 4.79 Å². The number of pyridine rings is 1. The third kappa shape index (κ3) is 2.59. The fourth-order valence-corrected chi connectivity index (χ4v) is 1.02. The van der Waals surface area contributed by atoms with Crippen LogP contribution < -0.4 is 16.8 Å². The van der Waals surface area contributed by atoms with Crippen molar-refractivity contribution in [1.29, 1.82) is 0 Å². The van der Waals surface area contributed by atoms with Crippen molar-refractivity contribution in [3.63, 3.8) is 0 Å². The molecular weight excluding hydrogens is 192 g/mol. The van der Waals surface area contributed by atoms with Crippen molar-refractivity contribution in [2.75, 3.05) is 11.1 Å². The standard InChI is InChI=1S/C10H16N4O/c1-6-4-8(13-5-7(6)11)14-10(2,3)9(12)15/h4-5H,11H2,1-3H3,(H2,12,15)(H,13,14). The number of hydrogen-bond acceptors (Lipinski definition) is 4. The Labute approximate surface area is 88.9 Å². The Morgan fingerprint density at radius 1 is 1.53 bits per heavy atom. The summed E-state index contributed by atoms with van der Waals surface area (Å²) in [5.74, 6) is 0.157. The van der Waals surface area contributed by atoms with Gasteiger partial charge in [0, 0.05) is 0 Å². The second kappa shape index (κ2) is 3.76. The quantitative estimate of drug-likeness (QED) is 0.679. The Kier molecular flexibility index (Phi) is 2.83. The van der Waals surface area contributed by atoms with Crippen molar-refractivity contribution in [3.8, 4) is 0 Å². The van der Waals surface area contributed by atoms with Crippen LogP contribution in [-0.4, -0.2) is 16.4 Å². The molecule has 1 heterocycles. The van der Waals surface area contributed by atoms with E-state index < -0.39 is 11.4 Å². The molecule has 1 amide bonds. The van der Waals surface area contributed by atoms with Gasteiger partial charge in [0.05, 0.1) is 11.9 Å². The van der Waals surface area contributed by atoms with Gasteiger partial charge >= 0.3 is 0 Å². The number of rotatable bonds is 3. The van der Waals surface area contributed by atoms with Crippen LogP contribution in [0.25, 0.3) is 0 Å². The number of hydrogen-bond donors (Lipinski definition) is 3. The second-order valence-electron chi connectivity index (χ2n) is 4.04. The number of nitrogens with zero attached hydrogens (tertiary/aromatic N) is 1. The van der Waals surface area contributed by atoms with Gasteiger partial charge in [0.15, 0.2) is 0 Å². The molecule has 5 nitrogen and oxygen atoms in total. The number of aryl methyl sites for hydroxylation is 1. The van der Waals surface area contributed by atoms with Gasteiger partial charge in [-0.05, 0) is 32.4 Å². The first-order valence-electron chi connectivity index (χ1n) is 4.63. The first kappa shape index (κ1) is 11.3. The Hall–Kier alpha value is -1.78. The second-order valence-corrected chi connectivity index (χ2v) is 4.04. The van der Waals surface area contributed by atoms with Crippen LogP contribution in [0.3, 0.4) is 0 Å². The van der Waals surface area contributed by atoms with Crippen molar-refractivity contribution in [3.05, 3.63) is 17.8 Å². The van der Waals surface area contributed by atoms with Gasteiger partial charge < -0.3 is 16.8 Å². The lowest BCUT2D eigenvalue weighted by molar-refractivity contribution is -0.121. The van der Waals surface area contributed by atoms with E-state index in [1.165, 1.54) is 0 Å². The SMILES string of the molecule is Cc1cc(NC(C)(C)C(N)=O)ncc1N. The highest BCUT2D eigenvalue weighted by Gasteiger charge is 2.24. The number of nitrogens with two attached hydrogens (primary N) is 2. The molecule has 82 valence electrons. The Morgan fingerprint density at radius 2 is 2.13 bits per heavy atom. The summed E-state index contributed by atoms with van der Waals surface area (Å²) in [4.78, 5) is 15.1. The molecule has 0 spiro atoms. The molecule has 15 heavy (non-hydrogen) atoms. The lowest BCUT2D eigenvalue weighted by atomic mass is 10.1. The largest absolute Gasteiger partial charge is 0.397 e. The molecule has 0 aromatic carbocycles. The third-order valence-corrected chi connectivity index (χ3v) is 2.21. The van der Waals surface area contributed by atoms with E-state index in [9.17, 15) is 4.79 Å². The van der Waals surface area contributed by atoms with E-state index in [0.717, 1.165) is 5.56 Å². The summed E-state index contributed by atoms with van der Waals surface area (Å²) >= 11 is 0. The molecule has 1 aromatic rings. The van der Waals surface area contributed by atoms with Crippen LogP contribution in [0.1, 0.15) is 19.4 Å². The molecule has 0 unspecified atom stereocenters. The first-order chi connectivity index (χ1) is 6.83. The van der Waals surface area contributed by atoms with Crippen molar-refractivity contribution in [2.24, 2.45) is 5.73 Å². The minimum atomic E-state index is -0.824. The highest BCUT2D eigenvalue weighted by atomic mass is 16.1. The van der Waals surface area contributed by atoms with Crippen molar-refractivity contribution in [1.82, 2.24) is 4.98 Å². The number of carbonyl (C=O) groups is 1. The summed E-state index contributed by atoms with van der Waals surface area (Å²) in [5.41, 5.74) is 11.6. The number of amides is 1. The molecule has 5 heteroatoms. The van der Waals surface area contributed by atoms with Crippen LogP contribution in [0.15, 0.2) is 12.3 Å². The maximum Gasteiger partial charge on any atom is 0.242 e. The van der Waals surface area contributed by atoms with Crippen LogP contribution in [0.4, 0.5) is 11.5 Å². The number of anilines is 2. The molecule has 0 aliphatic heterocycles. The third-order valence-electron chi connectivity index (χ3n) is 2.21. The Bertz CT molecular complexity index is 387. The average Bonchev–Trinajstić information content (AvgIpc) is 2.10. The summed E-state index contributed by atoms with van der Waals surface area (Å²) in [5, 5.41) is 2.94. The zero-order chi connectivity index (χ0) is 11.6. The predicted molar refractivity (Wildman–Crippen MR) is 60.3 cm³/mol. The lowest BCUT2D eigenvalue weighted by Gasteiger charge is -2.23. The van der Waals surface area contributed by atoms with Gasteiger partial charge in [0.25, 0.3) is 0 Å². The molecule has 0 fully saturated rings. The average molecular weight is 208 g/mol. The predicted octanol–water partition coefficient (Wildman–Crippen LogP) is 0.648. The van der Waals surface area contributed by atoms with Crippen LogP contribution in [-0.2, 0) is 4.79 Å². The molecule has 0 aliphatic carbocycles. The van der Waals surface area contributed by atoms with Crippen LogP contribution >= 0.6 is 0 Å². The maximum absolute atomic E-state index is 11.1. The van der Waals surface area contributed by atoms with Gasteiger partial charge in [-0.25, -0.2) is 4.98 Å². The highest BCUT2D eigenvalue weighted by Crippen LogP contribution is 2.16. The fourth-order valence-electron chi connectivity index (χ4n) is 1.02. The van der Waals surface area contributed by atoms with Gasteiger partial charge in [-0.15, -0.1) is 0 Å². The molecule has 0 atom stereocenters. The summed E-state index contributed by atoms with van der Waals surface area (Å²) < 4.78 is 0. The van der Waals surface area contributed by atoms with Crippen molar-refractivity contribution >= 4 is 17.4 Å². The highest BCUT2D eigenvalue weighted by molar-refractivity contribution is 5.86. The number of primary amides is 1. The summed E-state index contributed by atoms with van der Waals surface area (Å²) in [6, 6.07) is 1.78. The topological polar surface area (TPSA) is 94.0 Å². The minimum Gasteiger partial charge on any atom is -0.397 e. The molecule has 0 saturated heterocycles. The molecule has 5 N–H and O–H groups in total. The van der Waals surface area contributed by atoms with Gasteiger partial charge in [0.2, 0.25) is 5.91 Å². The fraction of sp³-hybridized carbons (Fsp3) is 0.400. The first-order valence-corrected chi connectivity index (χ1v) is 4.63. The Balaban J connectivity index is 2.91. The van der Waals surface area contributed by atoms with Crippen molar-refractivity contribution in [2.45, 2.75) is 26.3 Å². The monoisotopic (exact) mass is 208 g/mol. The molecular formula is C10H16N4O.